The molecule has 0 radical (unpaired) electrons. The van der Waals surface area contributed by atoms with Crippen molar-refractivity contribution >= 4 is 11.8 Å². The van der Waals surface area contributed by atoms with Crippen LogP contribution < -0.4 is 10.9 Å². The Bertz CT molecular complexity index is 876. The van der Waals surface area contributed by atoms with E-state index in [-0.39, 0.29) is 23.4 Å². The van der Waals surface area contributed by atoms with E-state index in [0.29, 0.717) is 43.5 Å². The molecule has 1 saturated heterocycles. The lowest BCUT2D eigenvalue weighted by Gasteiger charge is -2.31. The molecule has 2 fully saturated rings. The number of amides is 2. The predicted molar refractivity (Wildman–Crippen MR) is 108 cm³/mol. The van der Waals surface area contributed by atoms with E-state index in [1.54, 1.807) is 23.4 Å². The van der Waals surface area contributed by atoms with Gasteiger partial charge in [0, 0.05) is 45.6 Å². The fourth-order valence-corrected chi connectivity index (χ4v) is 4.65. The van der Waals surface area contributed by atoms with Gasteiger partial charge in [0.1, 0.15) is 5.82 Å². The van der Waals surface area contributed by atoms with Crippen molar-refractivity contribution in [2.45, 2.75) is 71.1 Å². The van der Waals surface area contributed by atoms with E-state index in [1.807, 2.05) is 6.92 Å². The summed E-state index contributed by atoms with van der Waals surface area (Å²) in [7, 11) is 1.72. The molecular weight excluding hydrogens is 370 g/mol. The molecule has 0 unspecified atom stereocenters. The minimum Gasteiger partial charge on any atom is -0.355 e. The van der Waals surface area contributed by atoms with Crippen molar-refractivity contribution in [2.75, 3.05) is 13.1 Å². The predicted octanol–water partition coefficient (Wildman–Crippen LogP) is 0.700. The molecule has 3 aliphatic rings. The van der Waals surface area contributed by atoms with Gasteiger partial charge in [-0.2, -0.15) is 0 Å². The fraction of sp³-hybridized carbons (Fsp3) is 0.714. The summed E-state index contributed by atoms with van der Waals surface area (Å²) < 4.78 is 1.55. The number of fused-ring (bicyclic) bond motifs is 1. The van der Waals surface area contributed by atoms with Crippen LogP contribution in [0.25, 0.3) is 0 Å². The maximum atomic E-state index is 13.1. The molecule has 1 N–H and O–H groups in total. The monoisotopic (exact) mass is 401 g/mol. The molecule has 1 aliphatic carbocycles. The first-order valence-corrected chi connectivity index (χ1v) is 10.7. The van der Waals surface area contributed by atoms with Gasteiger partial charge in [0.05, 0.1) is 24.3 Å². The van der Waals surface area contributed by atoms with Crippen LogP contribution in [0.4, 0.5) is 0 Å². The van der Waals surface area contributed by atoms with Crippen molar-refractivity contribution < 1.29 is 9.59 Å². The van der Waals surface area contributed by atoms with Crippen molar-refractivity contribution in [1.82, 2.24) is 24.7 Å². The van der Waals surface area contributed by atoms with E-state index in [2.05, 4.69) is 15.2 Å². The number of hydrogen-bond acceptors (Lipinski definition) is 5. The van der Waals surface area contributed by atoms with E-state index in [9.17, 15) is 14.4 Å². The molecule has 0 bridgehead atoms. The average molecular weight is 402 g/mol. The van der Waals surface area contributed by atoms with Gasteiger partial charge >= 0.3 is 0 Å². The number of nitrogens with one attached hydrogen (secondary N) is 1. The van der Waals surface area contributed by atoms with Gasteiger partial charge in [-0.25, -0.2) is 4.98 Å². The molecule has 0 aromatic carbocycles. The summed E-state index contributed by atoms with van der Waals surface area (Å²) in [6, 6.07) is 0.521. The van der Waals surface area contributed by atoms with Gasteiger partial charge in [-0.15, -0.1) is 0 Å². The molecule has 1 aromatic heterocycles. The highest BCUT2D eigenvalue weighted by Crippen LogP contribution is 2.35. The average Bonchev–Trinajstić information content (AvgIpc) is 3.27. The summed E-state index contributed by atoms with van der Waals surface area (Å²) in [5, 5.41) is 2.95. The number of carbonyl (C=O) groups excluding carboxylic acids is 2. The second kappa shape index (κ2) is 7.89. The smallest absolute Gasteiger partial charge is 0.258 e. The number of rotatable bonds is 6. The zero-order valence-corrected chi connectivity index (χ0v) is 17.6. The summed E-state index contributed by atoms with van der Waals surface area (Å²) in [5.74, 6) is 1.50. The third-order valence-corrected chi connectivity index (χ3v) is 6.67. The number of carbonyl (C=O) groups is 2. The SMILES string of the molecule is CC(=O)NC[C@H]1CC[C@@H](CC(=O)N2Cc3nc(C)n(C)c(=O)c3C2)N1CC1CC1. The molecule has 2 amide bonds. The summed E-state index contributed by atoms with van der Waals surface area (Å²) >= 11 is 0. The Morgan fingerprint density at radius 1 is 1.14 bits per heavy atom. The van der Waals surface area contributed by atoms with Gasteiger partial charge in [-0.05, 0) is 38.5 Å². The molecule has 3 heterocycles. The molecule has 0 spiro atoms. The highest BCUT2D eigenvalue weighted by molar-refractivity contribution is 5.77. The molecule has 29 heavy (non-hydrogen) atoms. The number of hydrogen-bond donors (Lipinski definition) is 1. The van der Waals surface area contributed by atoms with Crippen LogP contribution in [-0.4, -0.2) is 56.3 Å². The molecule has 158 valence electrons. The highest BCUT2D eigenvalue weighted by atomic mass is 16.2. The first-order chi connectivity index (χ1) is 13.8. The zero-order chi connectivity index (χ0) is 20.7. The number of aromatic nitrogens is 2. The Morgan fingerprint density at radius 2 is 1.86 bits per heavy atom. The van der Waals surface area contributed by atoms with E-state index < -0.39 is 0 Å². The Balaban J connectivity index is 1.41. The fourth-order valence-electron chi connectivity index (χ4n) is 4.65. The minimum absolute atomic E-state index is 0.00453. The minimum atomic E-state index is -0.0469. The largest absolute Gasteiger partial charge is 0.355 e. The molecule has 2 atom stereocenters. The van der Waals surface area contributed by atoms with Crippen LogP contribution in [0, 0.1) is 12.8 Å². The lowest BCUT2D eigenvalue weighted by Crippen LogP contribution is -2.45. The lowest BCUT2D eigenvalue weighted by atomic mass is 10.1. The number of aryl methyl sites for hydroxylation is 1. The molecule has 8 heteroatoms. The Morgan fingerprint density at radius 3 is 2.55 bits per heavy atom. The molecule has 2 aliphatic heterocycles. The van der Waals surface area contributed by atoms with Crippen molar-refractivity contribution in [3.05, 3.63) is 27.4 Å². The third kappa shape index (κ3) is 4.22. The Labute approximate surface area is 171 Å². The van der Waals surface area contributed by atoms with Gasteiger partial charge in [0.15, 0.2) is 0 Å². The van der Waals surface area contributed by atoms with Gasteiger partial charge in [-0.1, -0.05) is 0 Å². The quantitative estimate of drug-likeness (QED) is 0.758. The van der Waals surface area contributed by atoms with E-state index >= 15 is 0 Å². The summed E-state index contributed by atoms with van der Waals surface area (Å²) in [6.07, 6.45) is 4.98. The highest BCUT2D eigenvalue weighted by Gasteiger charge is 2.39. The standard InChI is InChI=1S/C21H31N5O3/c1-13-23-19-12-25(11-18(19)21(29)24(13)3)20(28)8-16-6-7-17(9-22-14(2)27)26(16)10-15-4-5-15/h15-17H,4-12H2,1-3H3,(H,22,27)/t16-,17+/m0/s1. The second-order valence-corrected chi connectivity index (χ2v) is 8.86. The lowest BCUT2D eigenvalue weighted by molar-refractivity contribution is -0.133. The number of likely N-dealkylation sites (tertiary alicyclic amines) is 1. The van der Waals surface area contributed by atoms with Crippen LogP contribution in [0.3, 0.4) is 0 Å². The zero-order valence-electron chi connectivity index (χ0n) is 17.6. The molecule has 8 nitrogen and oxygen atoms in total. The summed E-state index contributed by atoms with van der Waals surface area (Å²) in [6.45, 7) is 5.82. The van der Waals surface area contributed by atoms with E-state index in [4.69, 9.17) is 0 Å². The van der Waals surface area contributed by atoms with Crippen molar-refractivity contribution in [3.8, 4) is 0 Å². The maximum Gasteiger partial charge on any atom is 0.258 e. The van der Waals surface area contributed by atoms with Crippen LogP contribution >= 0.6 is 0 Å². The second-order valence-electron chi connectivity index (χ2n) is 8.86. The van der Waals surface area contributed by atoms with Gasteiger partial charge < -0.3 is 10.2 Å². The van der Waals surface area contributed by atoms with Gasteiger partial charge in [-0.3, -0.25) is 23.9 Å². The Hall–Kier alpha value is -2.22. The first kappa shape index (κ1) is 20.1. The molecule has 1 saturated carbocycles. The van der Waals surface area contributed by atoms with Crippen LogP contribution in [0.15, 0.2) is 4.79 Å². The number of nitrogens with zero attached hydrogens (tertiary/aromatic N) is 4. The molecular formula is C21H31N5O3. The summed E-state index contributed by atoms with van der Waals surface area (Å²) in [4.78, 5) is 45.6. The van der Waals surface area contributed by atoms with Crippen LogP contribution in [0.2, 0.25) is 0 Å². The Kier molecular flexibility index (Phi) is 5.46. The molecule has 1 aromatic rings. The maximum absolute atomic E-state index is 13.1. The topological polar surface area (TPSA) is 87.5 Å². The van der Waals surface area contributed by atoms with Crippen LogP contribution in [0.5, 0.6) is 0 Å². The van der Waals surface area contributed by atoms with E-state index in [0.717, 1.165) is 31.0 Å². The van der Waals surface area contributed by atoms with Gasteiger partial charge in [0.25, 0.3) is 5.56 Å². The van der Waals surface area contributed by atoms with E-state index in [1.165, 1.54) is 12.8 Å². The molecule has 4 rings (SSSR count). The van der Waals surface area contributed by atoms with Crippen LogP contribution in [-0.2, 0) is 29.7 Å². The third-order valence-electron chi connectivity index (χ3n) is 6.67. The van der Waals surface area contributed by atoms with Crippen molar-refractivity contribution in [2.24, 2.45) is 13.0 Å². The van der Waals surface area contributed by atoms with Gasteiger partial charge in [0.2, 0.25) is 11.8 Å². The summed E-state index contributed by atoms with van der Waals surface area (Å²) in [5.41, 5.74) is 1.34. The first-order valence-electron chi connectivity index (χ1n) is 10.7. The van der Waals surface area contributed by atoms with Crippen molar-refractivity contribution in [3.63, 3.8) is 0 Å². The van der Waals surface area contributed by atoms with Crippen molar-refractivity contribution in [1.29, 1.82) is 0 Å². The normalized spacial score (nSPS) is 24.0. The van der Waals surface area contributed by atoms with Crippen LogP contribution in [0.1, 0.15) is 56.1 Å².